The average Bonchev–Trinajstić information content (AvgIpc) is 2.33. The predicted octanol–water partition coefficient (Wildman–Crippen LogP) is 4.76. The second-order valence-electron chi connectivity index (χ2n) is 5.60. The fourth-order valence-corrected chi connectivity index (χ4v) is 2.21. The van der Waals surface area contributed by atoms with E-state index in [0.717, 1.165) is 23.3 Å². The van der Waals surface area contributed by atoms with Crippen LogP contribution in [0.25, 0.3) is 10.9 Å². The van der Waals surface area contributed by atoms with Crippen molar-refractivity contribution < 1.29 is 4.39 Å². The molecule has 1 heterocycles. The molecule has 0 aliphatic carbocycles. The molecule has 2 rings (SSSR count). The van der Waals surface area contributed by atoms with E-state index in [-0.39, 0.29) is 10.4 Å². The molecule has 0 spiro atoms. The second-order valence-corrected chi connectivity index (χ2v) is 6.01. The Balaban J connectivity index is 2.76. The van der Waals surface area contributed by atoms with Gasteiger partial charge in [0.25, 0.3) is 0 Å². The minimum absolute atomic E-state index is 0.0607. The molecule has 1 aromatic heterocycles. The van der Waals surface area contributed by atoms with Crippen LogP contribution in [0.2, 0.25) is 5.02 Å². The van der Waals surface area contributed by atoms with Gasteiger partial charge < -0.3 is 5.32 Å². The lowest BCUT2D eigenvalue weighted by atomic mass is 9.86. The highest BCUT2D eigenvalue weighted by atomic mass is 35.5. The minimum atomic E-state index is -0.459. The third-order valence-electron chi connectivity index (χ3n) is 3.03. The lowest BCUT2D eigenvalue weighted by Gasteiger charge is -2.23. The van der Waals surface area contributed by atoms with Crippen molar-refractivity contribution in [2.24, 2.45) is 0 Å². The number of rotatable bonds is 2. The van der Waals surface area contributed by atoms with Gasteiger partial charge >= 0.3 is 0 Å². The Morgan fingerprint density at radius 2 is 2.00 bits per heavy atom. The zero-order chi connectivity index (χ0) is 14.2. The Labute approximate surface area is 118 Å². The van der Waals surface area contributed by atoms with Gasteiger partial charge in [0.05, 0.1) is 5.02 Å². The number of pyridine rings is 1. The minimum Gasteiger partial charge on any atom is -0.370 e. The van der Waals surface area contributed by atoms with Crippen molar-refractivity contribution >= 4 is 28.3 Å². The lowest BCUT2D eigenvalue weighted by Crippen LogP contribution is -2.16. The van der Waals surface area contributed by atoms with Crippen LogP contribution in [-0.2, 0) is 5.41 Å². The normalized spacial score (nSPS) is 11.9. The zero-order valence-electron chi connectivity index (χ0n) is 11.6. The number of nitrogens with zero attached hydrogens (tertiary/aromatic N) is 1. The first-order chi connectivity index (χ1) is 8.84. The van der Waals surface area contributed by atoms with Crippen molar-refractivity contribution in [2.75, 3.05) is 11.9 Å². The number of benzene rings is 1. The average molecular weight is 281 g/mol. The molecule has 1 N–H and O–H groups in total. The van der Waals surface area contributed by atoms with Crippen molar-refractivity contribution in [3.8, 4) is 0 Å². The van der Waals surface area contributed by atoms with Gasteiger partial charge in [0.1, 0.15) is 11.3 Å². The Bertz CT molecular complexity index is 618. The fraction of sp³-hybridized carbons (Fsp3) is 0.400. The first-order valence-electron chi connectivity index (χ1n) is 6.37. The van der Waals surface area contributed by atoms with Gasteiger partial charge in [-0.25, -0.2) is 9.37 Å². The molecule has 2 nitrogen and oxygen atoms in total. The molecule has 1 aromatic carbocycles. The molecule has 2 aromatic rings. The summed E-state index contributed by atoms with van der Waals surface area (Å²) in [6, 6.07) is 5.36. The van der Waals surface area contributed by atoms with Gasteiger partial charge in [0, 0.05) is 17.5 Å². The highest BCUT2D eigenvalue weighted by molar-refractivity contribution is 6.31. The maximum atomic E-state index is 14.0. The molecule has 0 aliphatic rings. The largest absolute Gasteiger partial charge is 0.370 e. The Kier molecular flexibility index (Phi) is 3.68. The quantitative estimate of drug-likeness (QED) is 0.858. The van der Waals surface area contributed by atoms with Crippen molar-refractivity contribution in [1.82, 2.24) is 4.98 Å². The van der Waals surface area contributed by atoms with Gasteiger partial charge in [-0.3, -0.25) is 0 Å². The number of hydrogen-bond acceptors (Lipinski definition) is 2. The summed E-state index contributed by atoms with van der Waals surface area (Å²) in [6.45, 7) is 9.07. The third kappa shape index (κ3) is 2.66. The molecule has 0 saturated carbocycles. The fourth-order valence-electron chi connectivity index (χ4n) is 2.05. The van der Waals surface area contributed by atoms with Crippen LogP contribution in [0.3, 0.4) is 0 Å². The summed E-state index contributed by atoms with van der Waals surface area (Å²) in [6.07, 6.45) is 0. The maximum Gasteiger partial charge on any atom is 0.168 e. The monoisotopic (exact) mass is 280 g/mol. The van der Waals surface area contributed by atoms with Gasteiger partial charge in [0.15, 0.2) is 5.82 Å². The molecule has 0 fully saturated rings. The lowest BCUT2D eigenvalue weighted by molar-refractivity contribution is 0.589. The standard InChI is InChI=1S/C15H18ClFN2/c1-5-18-14-10(15(2,3)4)8-9-6-7-11(16)12(17)13(9)19-14/h6-8H,5H2,1-4H3,(H,18,19). The van der Waals surface area contributed by atoms with Crippen LogP contribution in [0.5, 0.6) is 0 Å². The highest BCUT2D eigenvalue weighted by Crippen LogP contribution is 2.33. The molecule has 0 unspecified atom stereocenters. The van der Waals surface area contributed by atoms with Crippen molar-refractivity contribution in [1.29, 1.82) is 0 Å². The van der Waals surface area contributed by atoms with E-state index in [9.17, 15) is 4.39 Å². The smallest absolute Gasteiger partial charge is 0.168 e. The van der Waals surface area contributed by atoms with E-state index < -0.39 is 5.82 Å². The van der Waals surface area contributed by atoms with E-state index in [1.165, 1.54) is 0 Å². The topological polar surface area (TPSA) is 24.9 Å². The zero-order valence-corrected chi connectivity index (χ0v) is 12.4. The number of nitrogens with one attached hydrogen (secondary N) is 1. The Hall–Kier alpha value is -1.35. The van der Waals surface area contributed by atoms with E-state index in [2.05, 4.69) is 31.1 Å². The molecule has 0 radical (unpaired) electrons. The first-order valence-corrected chi connectivity index (χ1v) is 6.75. The highest BCUT2D eigenvalue weighted by Gasteiger charge is 2.21. The number of halogens is 2. The molecule has 0 bridgehead atoms. The van der Waals surface area contributed by atoms with Crippen LogP contribution < -0.4 is 5.32 Å². The predicted molar refractivity (Wildman–Crippen MR) is 79.6 cm³/mol. The Morgan fingerprint density at radius 3 is 2.58 bits per heavy atom. The molecule has 0 amide bonds. The number of fused-ring (bicyclic) bond motifs is 1. The number of anilines is 1. The van der Waals surface area contributed by atoms with E-state index in [0.29, 0.717) is 5.52 Å². The van der Waals surface area contributed by atoms with Crippen LogP contribution in [0.15, 0.2) is 18.2 Å². The number of aromatic nitrogens is 1. The summed E-state index contributed by atoms with van der Waals surface area (Å²) in [5.41, 5.74) is 1.33. The molecule has 0 atom stereocenters. The second kappa shape index (κ2) is 4.97. The summed E-state index contributed by atoms with van der Waals surface area (Å²) in [5, 5.41) is 4.08. The molecule has 19 heavy (non-hydrogen) atoms. The third-order valence-corrected chi connectivity index (χ3v) is 3.32. The summed E-state index contributed by atoms with van der Waals surface area (Å²) in [4.78, 5) is 4.42. The summed E-state index contributed by atoms with van der Waals surface area (Å²) in [5.74, 6) is 0.266. The van der Waals surface area contributed by atoms with Crippen molar-refractivity contribution in [2.45, 2.75) is 33.1 Å². The van der Waals surface area contributed by atoms with Crippen LogP contribution in [0.1, 0.15) is 33.3 Å². The molecule has 102 valence electrons. The van der Waals surface area contributed by atoms with E-state index in [1.807, 2.05) is 13.0 Å². The summed E-state index contributed by atoms with van der Waals surface area (Å²) in [7, 11) is 0. The van der Waals surface area contributed by atoms with Gasteiger partial charge in [-0.15, -0.1) is 0 Å². The number of hydrogen-bond donors (Lipinski definition) is 1. The van der Waals surface area contributed by atoms with Gasteiger partial charge in [0.2, 0.25) is 0 Å². The molecule has 0 aliphatic heterocycles. The molecular weight excluding hydrogens is 263 g/mol. The summed E-state index contributed by atoms with van der Waals surface area (Å²) < 4.78 is 14.0. The molecule has 4 heteroatoms. The van der Waals surface area contributed by atoms with Crippen LogP contribution in [-0.4, -0.2) is 11.5 Å². The van der Waals surface area contributed by atoms with Crippen LogP contribution >= 0.6 is 11.6 Å². The summed E-state index contributed by atoms with van der Waals surface area (Å²) >= 11 is 5.81. The van der Waals surface area contributed by atoms with Crippen LogP contribution in [0.4, 0.5) is 10.2 Å². The first kappa shape index (κ1) is 14.1. The molecule has 0 saturated heterocycles. The molecular formula is C15H18ClFN2. The van der Waals surface area contributed by atoms with Crippen LogP contribution in [0, 0.1) is 5.82 Å². The van der Waals surface area contributed by atoms with Gasteiger partial charge in [-0.2, -0.15) is 0 Å². The van der Waals surface area contributed by atoms with Crippen molar-refractivity contribution in [3.63, 3.8) is 0 Å². The van der Waals surface area contributed by atoms with E-state index >= 15 is 0 Å². The van der Waals surface area contributed by atoms with Gasteiger partial charge in [-0.05, 0) is 24.5 Å². The van der Waals surface area contributed by atoms with Crippen molar-refractivity contribution in [3.05, 3.63) is 34.6 Å². The van der Waals surface area contributed by atoms with Gasteiger partial charge in [-0.1, -0.05) is 38.4 Å². The van der Waals surface area contributed by atoms with E-state index in [1.54, 1.807) is 12.1 Å². The SMILES string of the molecule is CCNc1nc2c(F)c(Cl)ccc2cc1C(C)(C)C. The maximum absolute atomic E-state index is 14.0. The van der Waals surface area contributed by atoms with E-state index in [4.69, 9.17) is 11.6 Å². The Morgan fingerprint density at radius 1 is 1.32 bits per heavy atom.